The molecule has 2 aromatic carbocycles. The van der Waals surface area contributed by atoms with Crippen LogP contribution in [0, 0.1) is 12.7 Å². The van der Waals surface area contributed by atoms with E-state index in [-0.39, 0.29) is 11.7 Å². The van der Waals surface area contributed by atoms with E-state index in [2.05, 4.69) is 24.0 Å². The molecule has 1 fully saturated rings. The van der Waals surface area contributed by atoms with Gasteiger partial charge >= 0.3 is 0 Å². The van der Waals surface area contributed by atoms with Crippen LogP contribution >= 0.6 is 0 Å². The van der Waals surface area contributed by atoms with Crippen LogP contribution in [0.5, 0.6) is 0 Å². The summed E-state index contributed by atoms with van der Waals surface area (Å²) in [6, 6.07) is 15.0. The largest absolute Gasteiger partial charge is 0.367 e. The molecular formula is C21H26FN3O. The van der Waals surface area contributed by atoms with Gasteiger partial charge in [0.25, 0.3) is 0 Å². The molecule has 0 saturated carbocycles. The van der Waals surface area contributed by atoms with Gasteiger partial charge in [-0.25, -0.2) is 4.39 Å². The van der Waals surface area contributed by atoms with E-state index in [1.54, 1.807) is 11.0 Å². The van der Waals surface area contributed by atoms with Crippen molar-refractivity contribution in [2.45, 2.75) is 13.5 Å². The maximum Gasteiger partial charge on any atom is 0.236 e. The molecule has 0 bridgehead atoms. The molecule has 2 aromatic rings. The predicted molar refractivity (Wildman–Crippen MR) is 103 cm³/mol. The molecule has 0 atom stereocenters. The summed E-state index contributed by atoms with van der Waals surface area (Å²) in [5.74, 6) is -0.0671. The number of amides is 1. The van der Waals surface area contributed by atoms with Gasteiger partial charge in [0.1, 0.15) is 5.82 Å². The summed E-state index contributed by atoms with van der Waals surface area (Å²) in [7, 11) is 1.85. The maximum absolute atomic E-state index is 13.9. The number of piperazine rings is 1. The Hall–Kier alpha value is -2.40. The monoisotopic (exact) mass is 355 g/mol. The Kier molecular flexibility index (Phi) is 5.89. The molecule has 1 saturated heterocycles. The molecule has 5 heteroatoms. The molecule has 0 N–H and O–H groups in total. The average Bonchev–Trinajstić information content (AvgIpc) is 2.65. The van der Waals surface area contributed by atoms with E-state index in [1.807, 2.05) is 36.2 Å². The Bertz CT molecular complexity index is 756. The van der Waals surface area contributed by atoms with E-state index >= 15 is 0 Å². The molecule has 0 unspecified atom stereocenters. The zero-order valence-electron chi connectivity index (χ0n) is 15.5. The van der Waals surface area contributed by atoms with Crippen molar-refractivity contribution in [3.05, 3.63) is 65.5 Å². The van der Waals surface area contributed by atoms with Crippen molar-refractivity contribution in [3.8, 4) is 0 Å². The van der Waals surface area contributed by atoms with Crippen molar-refractivity contribution in [1.29, 1.82) is 0 Å². The Labute approximate surface area is 154 Å². The molecule has 138 valence electrons. The SMILES string of the molecule is Cc1ccccc1CN(C)C(=O)CN1CCN(c2ccccc2F)CC1. The van der Waals surface area contributed by atoms with Gasteiger partial charge in [-0.05, 0) is 30.2 Å². The average molecular weight is 355 g/mol. The van der Waals surface area contributed by atoms with Crippen LogP contribution in [-0.2, 0) is 11.3 Å². The number of aryl methyl sites for hydroxylation is 1. The third-order valence-electron chi connectivity index (χ3n) is 5.02. The second-order valence-corrected chi connectivity index (χ2v) is 6.89. The Balaban J connectivity index is 1.50. The molecule has 0 aliphatic carbocycles. The lowest BCUT2D eigenvalue weighted by molar-refractivity contribution is -0.131. The number of likely N-dealkylation sites (N-methyl/N-ethyl adjacent to an activating group) is 1. The minimum absolute atomic E-state index is 0.118. The van der Waals surface area contributed by atoms with E-state index in [1.165, 1.54) is 17.2 Å². The standard InChI is InChI=1S/C21H26FN3O/c1-17-7-3-4-8-18(17)15-23(2)21(26)16-24-11-13-25(14-12-24)20-10-6-5-9-19(20)22/h3-10H,11-16H2,1-2H3. The van der Waals surface area contributed by atoms with Gasteiger partial charge < -0.3 is 9.80 Å². The fourth-order valence-electron chi connectivity index (χ4n) is 3.30. The van der Waals surface area contributed by atoms with E-state index in [9.17, 15) is 9.18 Å². The molecule has 1 aliphatic heterocycles. The zero-order valence-corrected chi connectivity index (χ0v) is 15.5. The predicted octanol–water partition coefficient (Wildman–Crippen LogP) is 2.91. The van der Waals surface area contributed by atoms with Crippen molar-refractivity contribution in [3.63, 3.8) is 0 Å². The van der Waals surface area contributed by atoms with Crippen molar-refractivity contribution >= 4 is 11.6 Å². The van der Waals surface area contributed by atoms with Crippen molar-refractivity contribution < 1.29 is 9.18 Å². The van der Waals surface area contributed by atoms with E-state index in [0.29, 0.717) is 18.8 Å². The highest BCUT2D eigenvalue weighted by molar-refractivity contribution is 5.78. The van der Waals surface area contributed by atoms with Crippen molar-refractivity contribution in [2.24, 2.45) is 0 Å². The van der Waals surface area contributed by atoms with Crippen LogP contribution in [-0.4, -0.2) is 55.5 Å². The number of benzene rings is 2. The zero-order chi connectivity index (χ0) is 18.5. The Morgan fingerprint density at radius 3 is 2.38 bits per heavy atom. The van der Waals surface area contributed by atoms with Crippen LogP contribution in [0.4, 0.5) is 10.1 Å². The number of halogens is 1. The molecular weight excluding hydrogens is 329 g/mol. The smallest absolute Gasteiger partial charge is 0.236 e. The molecule has 4 nitrogen and oxygen atoms in total. The second-order valence-electron chi connectivity index (χ2n) is 6.89. The topological polar surface area (TPSA) is 26.8 Å². The van der Waals surface area contributed by atoms with Crippen LogP contribution in [0.15, 0.2) is 48.5 Å². The highest BCUT2D eigenvalue weighted by atomic mass is 19.1. The molecule has 0 radical (unpaired) electrons. The van der Waals surface area contributed by atoms with Gasteiger partial charge in [0.15, 0.2) is 0 Å². The van der Waals surface area contributed by atoms with Crippen molar-refractivity contribution in [2.75, 3.05) is 44.7 Å². The first-order valence-corrected chi connectivity index (χ1v) is 9.05. The minimum Gasteiger partial charge on any atom is -0.367 e. The van der Waals surface area contributed by atoms with Gasteiger partial charge in [-0.1, -0.05) is 36.4 Å². The van der Waals surface area contributed by atoms with Gasteiger partial charge in [-0.2, -0.15) is 0 Å². The molecule has 26 heavy (non-hydrogen) atoms. The first kappa shape index (κ1) is 18.4. The lowest BCUT2D eigenvalue weighted by Crippen LogP contribution is -2.49. The summed E-state index contributed by atoms with van der Waals surface area (Å²) < 4.78 is 13.9. The summed E-state index contributed by atoms with van der Waals surface area (Å²) in [6.45, 7) is 6.09. The lowest BCUT2D eigenvalue weighted by Gasteiger charge is -2.36. The van der Waals surface area contributed by atoms with Gasteiger partial charge in [0.2, 0.25) is 5.91 Å². The third-order valence-corrected chi connectivity index (χ3v) is 5.02. The first-order valence-electron chi connectivity index (χ1n) is 9.05. The van der Waals surface area contributed by atoms with Crippen LogP contribution in [0.25, 0.3) is 0 Å². The van der Waals surface area contributed by atoms with Gasteiger partial charge in [0.05, 0.1) is 12.2 Å². The number of anilines is 1. The van der Waals surface area contributed by atoms with Crippen LogP contribution in [0.3, 0.4) is 0 Å². The van der Waals surface area contributed by atoms with E-state index in [4.69, 9.17) is 0 Å². The normalized spacial score (nSPS) is 15.1. The number of carbonyl (C=O) groups is 1. The number of nitrogens with zero attached hydrogens (tertiary/aromatic N) is 3. The molecule has 1 aliphatic rings. The van der Waals surface area contributed by atoms with Crippen molar-refractivity contribution in [1.82, 2.24) is 9.80 Å². The summed E-state index contributed by atoms with van der Waals surface area (Å²) >= 11 is 0. The summed E-state index contributed by atoms with van der Waals surface area (Å²) in [4.78, 5) is 18.5. The second kappa shape index (κ2) is 8.32. The van der Waals surface area contributed by atoms with E-state index in [0.717, 1.165) is 26.2 Å². The minimum atomic E-state index is -0.185. The fraction of sp³-hybridized carbons (Fsp3) is 0.381. The Morgan fingerprint density at radius 2 is 1.69 bits per heavy atom. The number of hydrogen-bond donors (Lipinski definition) is 0. The molecule has 1 amide bonds. The summed E-state index contributed by atoms with van der Waals surface area (Å²) in [6.07, 6.45) is 0. The quantitative estimate of drug-likeness (QED) is 0.825. The lowest BCUT2D eigenvalue weighted by atomic mass is 10.1. The van der Waals surface area contributed by atoms with E-state index < -0.39 is 0 Å². The highest BCUT2D eigenvalue weighted by Gasteiger charge is 2.22. The summed E-state index contributed by atoms with van der Waals surface area (Å²) in [5.41, 5.74) is 3.02. The van der Waals surface area contributed by atoms with Crippen LogP contribution < -0.4 is 4.90 Å². The van der Waals surface area contributed by atoms with Gasteiger partial charge in [0, 0.05) is 39.8 Å². The van der Waals surface area contributed by atoms with Crippen LogP contribution in [0.1, 0.15) is 11.1 Å². The van der Waals surface area contributed by atoms with Crippen LogP contribution in [0.2, 0.25) is 0 Å². The number of rotatable bonds is 5. The third kappa shape index (κ3) is 4.41. The van der Waals surface area contributed by atoms with Gasteiger partial charge in [-0.3, -0.25) is 9.69 Å². The summed E-state index contributed by atoms with van der Waals surface area (Å²) in [5, 5.41) is 0. The molecule has 0 aromatic heterocycles. The molecule has 1 heterocycles. The fourth-order valence-corrected chi connectivity index (χ4v) is 3.30. The molecule has 0 spiro atoms. The maximum atomic E-state index is 13.9. The first-order chi connectivity index (χ1) is 12.5. The Morgan fingerprint density at radius 1 is 1.04 bits per heavy atom. The number of para-hydroxylation sites is 1. The molecule has 3 rings (SSSR count). The number of hydrogen-bond acceptors (Lipinski definition) is 3. The van der Waals surface area contributed by atoms with Gasteiger partial charge in [-0.15, -0.1) is 0 Å². The highest BCUT2D eigenvalue weighted by Crippen LogP contribution is 2.20. The number of carbonyl (C=O) groups excluding carboxylic acids is 1.